The van der Waals surface area contributed by atoms with Gasteiger partial charge in [0.15, 0.2) is 0 Å². The molecule has 0 spiro atoms. The van der Waals surface area contributed by atoms with Crippen LogP contribution < -0.4 is 0 Å². The Hall–Kier alpha value is -2.90. The van der Waals surface area contributed by atoms with Gasteiger partial charge in [-0.15, -0.1) is 0 Å². The Kier molecular flexibility index (Phi) is 7.82. The van der Waals surface area contributed by atoms with Gasteiger partial charge in [-0.25, -0.2) is 0 Å². The van der Waals surface area contributed by atoms with Gasteiger partial charge in [0, 0.05) is 14.7 Å². The molecule has 0 aliphatic rings. The van der Waals surface area contributed by atoms with E-state index in [1.807, 2.05) is 12.1 Å². The van der Waals surface area contributed by atoms with Crippen molar-refractivity contribution in [2.24, 2.45) is 5.92 Å². The van der Waals surface area contributed by atoms with Crippen LogP contribution in [0.2, 0.25) is 0 Å². The van der Waals surface area contributed by atoms with Gasteiger partial charge in [0.25, 0.3) is 0 Å². The number of hydrogen-bond donors (Lipinski definition) is 0. The molecule has 0 fully saturated rings. The van der Waals surface area contributed by atoms with E-state index in [9.17, 15) is 19.7 Å². The number of nitro groups is 1. The molecule has 0 unspecified atom stereocenters. The third kappa shape index (κ3) is 6.05. The van der Waals surface area contributed by atoms with Crippen LogP contribution in [0, 0.1) is 16.0 Å². The lowest BCUT2D eigenvalue weighted by Gasteiger charge is -2.22. The molecule has 0 aromatic heterocycles. The van der Waals surface area contributed by atoms with Crippen molar-refractivity contribution in [1.29, 1.82) is 0 Å². The van der Waals surface area contributed by atoms with Gasteiger partial charge in [-0.1, -0.05) is 90.3 Å². The topological polar surface area (TPSA) is 77.3 Å². The average molecular weight is 438 g/mol. The Bertz CT molecular complexity index is 944. The fraction of sp³-hybridized carbons (Fsp3) is 0.130. The molecule has 0 aliphatic carbocycles. The lowest BCUT2D eigenvalue weighted by atomic mass is 9.87. The number of thioether (sulfide) groups is 2. The Morgan fingerprint density at radius 3 is 1.53 bits per heavy atom. The van der Waals surface area contributed by atoms with Crippen LogP contribution in [0.1, 0.15) is 11.5 Å². The largest absolute Gasteiger partial charge is 0.286 e. The molecule has 3 aromatic carbocycles. The number of hydrogen-bond acceptors (Lipinski definition) is 6. The quantitative estimate of drug-likeness (QED) is 0.206. The van der Waals surface area contributed by atoms with Crippen molar-refractivity contribution in [3.05, 3.63) is 107 Å². The molecule has 152 valence electrons. The fourth-order valence-corrected chi connectivity index (χ4v) is 4.95. The van der Waals surface area contributed by atoms with E-state index in [1.165, 1.54) is 0 Å². The van der Waals surface area contributed by atoms with E-state index in [4.69, 9.17) is 0 Å². The van der Waals surface area contributed by atoms with Crippen molar-refractivity contribution in [1.82, 2.24) is 0 Å². The second kappa shape index (κ2) is 10.8. The van der Waals surface area contributed by atoms with Crippen LogP contribution in [0.4, 0.5) is 0 Å². The molecule has 30 heavy (non-hydrogen) atoms. The van der Waals surface area contributed by atoms with Crippen molar-refractivity contribution in [2.75, 3.05) is 6.54 Å². The first-order valence-electron chi connectivity index (χ1n) is 9.25. The predicted octanol–water partition coefficient (Wildman–Crippen LogP) is 5.30. The van der Waals surface area contributed by atoms with E-state index in [-0.39, 0.29) is 0 Å². The van der Waals surface area contributed by atoms with Crippen LogP contribution >= 0.6 is 23.5 Å². The summed E-state index contributed by atoms with van der Waals surface area (Å²) < 4.78 is 0. The van der Waals surface area contributed by atoms with Gasteiger partial charge in [0.05, 0.1) is 5.92 Å². The lowest BCUT2D eigenvalue weighted by Crippen LogP contribution is -2.31. The summed E-state index contributed by atoms with van der Waals surface area (Å²) in [4.78, 5) is 38.8. The number of benzene rings is 3. The molecule has 0 aliphatic heterocycles. The zero-order valence-electron chi connectivity index (χ0n) is 15.9. The number of nitrogens with zero attached hydrogens (tertiary/aromatic N) is 1. The summed E-state index contributed by atoms with van der Waals surface area (Å²) in [6.07, 6.45) is 0. The first-order chi connectivity index (χ1) is 14.5. The van der Waals surface area contributed by atoms with Gasteiger partial charge in [-0.2, -0.15) is 0 Å². The van der Waals surface area contributed by atoms with Gasteiger partial charge in [-0.3, -0.25) is 19.7 Å². The summed E-state index contributed by atoms with van der Waals surface area (Å²) in [5, 5.41) is 10.6. The van der Waals surface area contributed by atoms with Gasteiger partial charge >= 0.3 is 0 Å². The Morgan fingerprint density at radius 2 is 1.13 bits per heavy atom. The molecule has 0 heterocycles. The zero-order chi connectivity index (χ0) is 21.3. The van der Waals surface area contributed by atoms with E-state index < -0.39 is 33.5 Å². The van der Waals surface area contributed by atoms with Crippen molar-refractivity contribution in [2.45, 2.75) is 15.7 Å². The van der Waals surface area contributed by atoms with Gasteiger partial charge < -0.3 is 0 Å². The number of rotatable bonds is 8. The Balaban J connectivity index is 1.96. The van der Waals surface area contributed by atoms with E-state index >= 15 is 0 Å². The Labute approximate surface area is 183 Å². The maximum absolute atomic E-state index is 13.2. The molecular formula is C23H19NO4S2. The smallest absolute Gasteiger partial charge is 0.211 e. The van der Waals surface area contributed by atoms with Crippen LogP contribution in [0.15, 0.2) is 101 Å². The Morgan fingerprint density at radius 1 is 0.733 bits per heavy atom. The van der Waals surface area contributed by atoms with Crippen molar-refractivity contribution < 1.29 is 14.5 Å². The molecule has 0 saturated carbocycles. The van der Waals surface area contributed by atoms with Crippen LogP contribution in [0.5, 0.6) is 0 Å². The lowest BCUT2D eigenvalue weighted by molar-refractivity contribution is -0.484. The van der Waals surface area contributed by atoms with Crippen molar-refractivity contribution >= 4 is 33.8 Å². The molecule has 5 nitrogen and oxygen atoms in total. The molecule has 0 saturated heterocycles. The molecule has 3 rings (SSSR count). The van der Waals surface area contributed by atoms with Crippen LogP contribution in [0.25, 0.3) is 0 Å². The van der Waals surface area contributed by atoms with Crippen molar-refractivity contribution in [3.8, 4) is 0 Å². The van der Waals surface area contributed by atoms with Gasteiger partial charge in [0.1, 0.15) is 5.92 Å². The van der Waals surface area contributed by atoms with Crippen molar-refractivity contribution in [3.63, 3.8) is 0 Å². The van der Waals surface area contributed by atoms with Gasteiger partial charge in [0.2, 0.25) is 16.8 Å². The van der Waals surface area contributed by atoms with Crippen LogP contribution in [0.3, 0.4) is 0 Å². The summed E-state index contributed by atoms with van der Waals surface area (Å²) in [6, 6.07) is 26.7. The zero-order valence-corrected chi connectivity index (χ0v) is 17.6. The highest BCUT2D eigenvalue weighted by Crippen LogP contribution is 2.37. The molecule has 0 N–H and O–H groups in total. The second-order valence-corrected chi connectivity index (χ2v) is 8.63. The fourth-order valence-electron chi connectivity index (χ4n) is 3.03. The van der Waals surface area contributed by atoms with E-state index in [0.717, 1.165) is 23.5 Å². The summed E-state index contributed by atoms with van der Waals surface area (Å²) in [7, 11) is 0. The molecule has 3 aromatic rings. The van der Waals surface area contributed by atoms with Gasteiger partial charge in [-0.05, 0) is 29.8 Å². The SMILES string of the molecule is O=C(Sc1ccccc1)C(C(=O)Sc1ccccc1)[C@@H](C[N+](=O)[O-])c1ccccc1. The minimum atomic E-state index is -1.16. The summed E-state index contributed by atoms with van der Waals surface area (Å²) in [5.74, 6) is -2.01. The van der Waals surface area contributed by atoms with E-state index in [1.54, 1.807) is 78.9 Å². The van der Waals surface area contributed by atoms with Crippen LogP contribution in [-0.4, -0.2) is 21.7 Å². The monoisotopic (exact) mass is 437 g/mol. The first-order valence-corrected chi connectivity index (χ1v) is 10.9. The summed E-state index contributed by atoms with van der Waals surface area (Å²) >= 11 is 1.89. The number of carbonyl (C=O) groups is 2. The third-order valence-corrected chi connectivity index (χ3v) is 6.33. The highest BCUT2D eigenvalue weighted by Gasteiger charge is 2.39. The van der Waals surface area contributed by atoms with Crippen LogP contribution in [-0.2, 0) is 9.59 Å². The molecule has 7 heteroatoms. The predicted molar refractivity (Wildman–Crippen MR) is 119 cm³/mol. The average Bonchev–Trinajstić information content (AvgIpc) is 2.75. The third-order valence-electron chi connectivity index (χ3n) is 4.41. The highest BCUT2D eigenvalue weighted by atomic mass is 32.2. The molecule has 1 atom stereocenters. The molecule has 0 radical (unpaired) electrons. The molecule has 0 bridgehead atoms. The second-order valence-electron chi connectivity index (χ2n) is 6.48. The minimum absolute atomic E-state index is 0.398. The highest BCUT2D eigenvalue weighted by molar-refractivity contribution is 8.15. The first kappa shape index (κ1) is 21.8. The molecular weight excluding hydrogens is 418 g/mol. The normalized spacial score (nSPS) is 11.8. The summed E-state index contributed by atoms with van der Waals surface area (Å²) in [6.45, 7) is -0.503. The maximum atomic E-state index is 13.2. The van der Waals surface area contributed by atoms with E-state index in [0.29, 0.717) is 15.4 Å². The number of carbonyl (C=O) groups excluding carboxylic acids is 2. The summed E-state index contributed by atoms with van der Waals surface area (Å²) in [5.41, 5.74) is 0.600. The minimum Gasteiger partial charge on any atom is -0.286 e. The maximum Gasteiger partial charge on any atom is 0.211 e. The standard InChI is InChI=1S/C23H19NO4S2/c25-22(29-18-12-6-2-7-13-18)21(23(26)30-19-14-8-3-9-15-19)20(16-24(27)28)17-10-4-1-5-11-17/h1-15,20-21H,16H2/t20-/m0/s1. The van der Waals surface area contributed by atoms with E-state index in [2.05, 4.69) is 0 Å². The molecule has 0 amide bonds.